The van der Waals surface area contributed by atoms with Gasteiger partial charge in [-0.1, -0.05) is 49.7 Å². The van der Waals surface area contributed by atoms with E-state index in [4.69, 9.17) is 4.74 Å². The van der Waals surface area contributed by atoms with E-state index < -0.39 is 11.7 Å². The standard InChI is InChI=1S/C23H24F3N3OS/c1-3-4-8-15-30-18-13-11-17(12-14-18)29(2)22-27-16-20(23(24,25)26)21(28-22)31-19-9-6-5-7-10-19/h5-7,9-14,16H,3-4,8,15H2,1-2H3. The third-order valence-electron chi connectivity index (χ3n) is 4.54. The number of halogens is 3. The van der Waals surface area contributed by atoms with Crippen molar-refractivity contribution in [3.63, 3.8) is 0 Å². The molecule has 0 aliphatic rings. The minimum absolute atomic E-state index is 0.133. The van der Waals surface area contributed by atoms with Gasteiger partial charge in [0, 0.05) is 23.8 Å². The Kier molecular flexibility index (Phi) is 7.79. The first kappa shape index (κ1) is 22.9. The van der Waals surface area contributed by atoms with E-state index in [1.807, 2.05) is 30.3 Å². The summed E-state index contributed by atoms with van der Waals surface area (Å²) in [5, 5.41) is -0.133. The first-order valence-corrected chi connectivity index (χ1v) is 10.8. The normalized spacial score (nSPS) is 11.4. The van der Waals surface area contributed by atoms with E-state index in [2.05, 4.69) is 16.9 Å². The third kappa shape index (κ3) is 6.37. The highest BCUT2D eigenvalue weighted by molar-refractivity contribution is 7.99. The lowest BCUT2D eigenvalue weighted by atomic mass is 10.2. The number of alkyl halides is 3. The van der Waals surface area contributed by atoms with Gasteiger partial charge in [-0.3, -0.25) is 0 Å². The van der Waals surface area contributed by atoms with Crippen LogP contribution in [0.4, 0.5) is 24.8 Å². The van der Waals surface area contributed by atoms with Crippen LogP contribution >= 0.6 is 11.8 Å². The van der Waals surface area contributed by atoms with Crippen molar-refractivity contribution in [2.75, 3.05) is 18.6 Å². The molecule has 3 rings (SSSR count). The molecule has 0 aliphatic heterocycles. The molecule has 0 bridgehead atoms. The largest absolute Gasteiger partial charge is 0.494 e. The molecule has 0 aliphatic carbocycles. The van der Waals surface area contributed by atoms with Crippen molar-refractivity contribution in [3.8, 4) is 5.75 Å². The predicted octanol–water partition coefficient (Wildman–Crippen LogP) is 6.98. The lowest BCUT2D eigenvalue weighted by Gasteiger charge is -2.20. The molecule has 8 heteroatoms. The first-order chi connectivity index (χ1) is 14.9. The fourth-order valence-corrected chi connectivity index (χ4v) is 3.74. The summed E-state index contributed by atoms with van der Waals surface area (Å²) >= 11 is 0.966. The van der Waals surface area contributed by atoms with Gasteiger partial charge in [0.15, 0.2) is 0 Å². The Bertz CT molecular complexity index is 966. The molecular weight excluding hydrogens is 423 g/mol. The number of hydrogen-bond donors (Lipinski definition) is 0. The highest BCUT2D eigenvalue weighted by atomic mass is 32.2. The van der Waals surface area contributed by atoms with Crippen molar-refractivity contribution in [2.24, 2.45) is 0 Å². The molecule has 0 N–H and O–H groups in total. The fourth-order valence-electron chi connectivity index (χ4n) is 2.81. The van der Waals surface area contributed by atoms with Crippen LogP contribution in [0.5, 0.6) is 5.75 Å². The second kappa shape index (κ2) is 10.5. The molecule has 1 heterocycles. The van der Waals surface area contributed by atoms with Crippen LogP contribution in [0.3, 0.4) is 0 Å². The predicted molar refractivity (Wildman–Crippen MR) is 117 cm³/mol. The van der Waals surface area contributed by atoms with Crippen LogP contribution in [0.1, 0.15) is 31.7 Å². The molecule has 1 aromatic heterocycles. The van der Waals surface area contributed by atoms with Crippen molar-refractivity contribution < 1.29 is 17.9 Å². The summed E-state index contributed by atoms with van der Waals surface area (Å²) in [4.78, 5) is 10.5. The molecule has 0 saturated carbocycles. The minimum atomic E-state index is -4.54. The number of benzene rings is 2. The number of unbranched alkanes of at least 4 members (excludes halogenated alkanes) is 2. The number of ether oxygens (including phenoxy) is 1. The Morgan fingerprint density at radius 3 is 2.35 bits per heavy atom. The smallest absolute Gasteiger partial charge is 0.420 e. The summed E-state index contributed by atoms with van der Waals surface area (Å²) in [6.45, 7) is 2.79. The highest BCUT2D eigenvalue weighted by Crippen LogP contribution is 2.39. The van der Waals surface area contributed by atoms with Crippen LogP contribution in [0.2, 0.25) is 0 Å². The number of nitrogens with zero attached hydrogens (tertiary/aromatic N) is 3. The summed E-state index contributed by atoms with van der Waals surface area (Å²) in [5.74, 6) is 0.935. The number of anilines is 2. The Labute approximate surface area is 184 Å². The molecule has 31 heavy (non-hydrogen) atoms. The lowest BCUT2D eigenvalue weighted by molar-refractivity contribution is -0.140. The Balaban J connectivity index is 1.80. The molecule has 4 nitrogen and oxygen atoms in total. The number of rotatable bonds is 9. The quantitative estimate of drug-likeness (QED) is 0.261. The lowest BCUT2D eigenvalue weighted by Crippen LogP contribution is -2.16. The van der Waals surface area contributed by atoms with E-state index >= 15 is 0 Å². The first-order valence-electron chi connectivity index (χ1n) is 10.0. The monoisotopic (exact) mass is 447 g/mol. The van der Waals surface area contributed by atoms with Gasteiger partial charge in [0.05, 0.1) is 6.61 Å². The third-order valence-corrected chi connectivity index (χ3v) is 5.56. The van der Waals surface area contributed by atoms with E-state index in [1.165, 1.54) is 0 Å². The topological polar surface area (TPSA) is 38.2 Å². The van der Waals surface area contributed by atoms with Crippen molar-refractivity contribution in [2.45, 2.75) is 42.3 Å². The van der Waals surface area contributed by atoms with Crippen molar-refractivity contribution in [1.29, 1.82) is 0 Å². The highest BCUT2D eigenvalue weighted by Gasteiger charge is 2.35. The Morgan fingerprint density at radius 1 is 1.00 bits per heavy atom. The van der Waals surface area contributed by atoms with Crippen LogP contribution < -0.4 is 9.64 Å². The van der Waals surface area contributed by atoms with Crippen LogP contribution in [-0.4, -0.2) is 23.6 Å². The van der Waals surface area contributed by atoms with E-state index in [1.54, 1.807) is 36.2 Å². The molecule has 0 saturated heterocycles. The summed E-state index contributed by atoms with van der Waals surface area (Å²) < 4.78 is 46.2. The molecule has 0 unspecified atom stereocenters. The van der Waals surface area contributed by atoms with Gasteiger partial charge in [-0.25, -0.2) is 9.97 Å². The van der Waals surface area contributed by atoms with E-state index in [0.717, 1.165) is 48.7 Å². The maximum atomic E-state index is 13.5. The van der Waals surface area contributed by atoms with E-state index in [9.17, 15) is 13.2 Å². The molecule has 2 aromatic carbocycles. The molecule has 0 amide bonds. The average Bonchev–Trinajstić information content (AvgIpc) is 2.76. The maximum absolute atomic E-state index is 13.5. The fraction of sp³-hybridized carbons (Fsp3) is 0.304. The van der Waals surface area contributed by atoms with Gasteiger partial charge in [-0.2, -0.15) is 13.2 Å². The number of aromatic nitrogens is 2. The molecule has 0 fully saturated rings. The average molecular weight is 448 g/mol. The second-order valence-electron chi connectivity index (χ2n) is 6.91. The summed E-state index contributed by atoms with van der Waals surface area (Å²) in [6, 6.07) is 16.2. The van der Waals surface area contributed by atoms with Crippen LogP contribution in [0.15, 0.2) is 70.7 Å². The molecule has 0 spiro atoms. The van der Waals surface area contributed by atoms with Crippen LogP contribution in [-0.2, 0) is 6.18 Å². The molecule has 164 valence electrons. The number of hydrogen-bond acceptors (Lipinski definition) is 5. The van der Waals surface area contributed by atoms with Crippen LogP contribution in [0, 0.1) is 0 Å². The molecule has 0 radical (unpaired) electrons. The second-order valence-corrected chi connectivity index (χ2v) is 7.97. The van der Waals surface area contributed by atoms with E-state index in [-0.39, 0.29) is 11.0 Å². The Morgan fingerprint density at radius 2 is 1.71 bits per heavy atom. The van der Waals surface area contributed by atoms with Crippen molar-refractivity contribution >= 4 is 23.4 Å². The van der Waals surface area contributed by atoms with Crippen molar-refractivity contribution in [3.05, 3.63) is 66.4 Å². The molecular formula is C23H24F3N3OS. The SMILES string of the molecule is CCCCCOc1ccc(N(C)c2ncc(C(F)(F)F)c(Sc3ccccc3)n2)cc1. The summed E-state index contributed by atoms with van der Waals surface area (Å²) in [5.41, 5.74) is -0.106. The molecule has 3 aromatic rings. The van der Waals surface area contributed by atoms with Crippen molar-refractivity contribution in [1.82, 2.24) is 9.97 Å². The minimum Gasteiger partial charge on any atom is -0.494 e. The zero-order valence-electron chi connectivity index (χ0n) is 17.4. The van der Waals surface area contributed by atoms with Gasteiger partial charge < -0.3 is 9.64 Å². The van der Waals surface area contributed by atoms with E-state index in [0.29, 0.717) is 11.5 Å². The molecule has 0 atom stereocenters. The van der Waals surface area contributed by atoms with Gasteiger partial charge >= 0.3 is 6.18 Å². The Hall–Kier alpha value is -2.74. The zero-order valence-corrected chi connectivity index (χ0v) is 18.2. The van der Waals surface area contributed by atoms with Gasteiger partial charge in [0.1, 0.15) is 16.3 Å². The zero-order chi connectivity index (χ0) is 22.3. The van der Waals surface area contributed by atoms with Gasteiger partial charge in [-0.05, 0) is 42.8 Å². The van der Waals surface area contributed by atoms with Gasteiger partial charge in [-0.15, -0.1) is 0 Å². The maximum Gasteiger partial charge on any atom is 0.420 e. The van der Waals surface area contributed by atoms with Gasteiger partial charge in [0.2, 0.25) is 5.95 Å². The van der Waals surface area contributed by atoms with Crippen LogP contribution in [0.25, 0.3) is 0 Å². The summed E-state index contributed by atoms with van der Waals surface area (Å²) in [6.07, 6.45) is -0.445. The van der Waals surface area contributed by atoms with Gasteiger partial charge in [0.25, 0.3) is 0 Å². The summed E-state index contributed by atoms with van der Waals surface area (Å²) in [7, 11) is 1.72.